The number of nitrogens with one attached hydrogen (secondary N) is 1. The monoisotopic (exact) mass is 167 g/mol. The van der Waals surface area contributed by atoms with E-state index in [1.807, 2.05) is 5.48 Å². The molecule has 4 heteroatoms. The van der Waals surface area contributed by atoms with Gasteiger partial charge in [-0.1, -0.05) is 5.92 Å². The first kappa shape index (κ1) is 10.3. The van der Waals surface area contributed by atoms with Gasteiger partial charge in [0.1, 0.15) is 0 Å². The summed E-state index contributed by atoms with van der Waals surface area (Å²) in [6, 6.07) is 0. The molecule has 0 fully saturated rings. The van der Waals surface area contributed by atoms with Crippen molar-refractivity contribution in [3.63, 3.8) is 0 Å². The van der Waals surface area contributed by atoms with E-state index in [4.69, 9.17) is 12.8 Å². The highest BCUT2D eigenvalue weighted by atomic mass is 16.7. The van der Waals surface area contributed by atoms with Gasteiger partial charge in [0.2, 0.25) is 0 Å². The van der Waals surface area contributed by atoms with Crippen LogP contribution in [0.5, 0.6) is 0 Å². The quantitative estimate of drug-likeness (QED) is 0.485. The molecule has 0 aromatic rings. The second kappa shape index (κ2) is 6.09. The average Bonchev–Trinajstić information content (AvgIpc) is 2.11. The first-order valence-electron chi connectivity index (χ1n) is 3.13. The largest absolute Gasteiger partial charge is 0.451 e. The van der Waals surface area contributed by atoms with Crippen LogP contribution in [0.1, 0.15) is 6.42 Å². The molecule has 0 rings (SSSR count). The van der Waals surface area contributed by atoms with Crippen LogP contribution in [0.25, 0.3) is 0 Å². The minimum Gasteiger partial charge on any atom is -0.451 e. The Labute approximate surface area is 71.2 Å². The highest BCUT2D eigenvalue weighted by Crippen LogP contribution is 1.92. The predicted octanol–water partition coefficient (Wildman–Crippen LogP) is 0.299. The Bertz CT molecular complexity index is 223. The van der Waals surface area contributed by atoms with Gasteiger partial charge in [0, 0.05) is 6.42 Å². The number of hydroxylamine groups is 1. The van der Waals surface area contributed by atoms with Crippen molar-refractivity contribution in [2.45, 2.75) is 12.5 Å². The highest BCUT2D eigenvalue weighted by molar-refractivity contribution is 5.65. The van der Waals surface area contributed by atoms with Crippen molar-refractivity contribution in [1.29, 1.82) is 0 Å². The van der Waals surface area contributed by atoms with E-state index in [1.54, 1.807) is 0 Å². The fraction of sp³-hybridized carbons (Fsp3) is 0.375. The lowest BCUT2D eigenvalue weighted by Crippen LogP contribution is -2.28. The standard InChI is InChI=1S/C8H9NO3/c1-4-6-7(5-2)12-9-8(10)11-3/h1-2,7H,6H2,3H3,(H,9,10). The molecule has 1 N–H and O–H groups in total. The van der Waals surface area contributed by atoms with Crippen LogP contribution < -0.4 is 5.48 Å². The van der Waals surface area contributed by atoms with E-state index < -0.39 is 12.2 Å². The van der Waals surface area contributed by atoms with Crippen molar-refractivity contribution >= 4 is 6.09 Å². The van der Waals surface area contributed by atoms with E-state index in [2.05, 4.69) is 21.4 Å². The van der Waals surface area contributed by atoms with Gasteiger partial charge in [0.05, 0.1) is 7.11 Å². The molecule has 12 heavy (non-hydrogen) atoms. The topological polar surface area (TPSA) is 47.6 Å². The van der Waals surface area contributed by atoms with Gasteiger partial charge >= 0.3 is 6.09 Å². The van der Waals surface area contributed by atoms with Gasteiger partial charge < -0.3 is 4.74 Å². The SMILES string of the molecule is C#CCC(C#C)ONC(=O)OC. The summed E-state index contributed by atoms with van der Waals surface area (Å²) in [4.78, 5) is 15.1. The number of methoxy groups -OCH3 is 1. The summed E-state index contributed by atoms with van der Waals surface area (Å²) in [7, 11) is 1.21. The fourth-order valence-electron chi connectivity index (χ4n) is 0.403. The molecular weight excluding hydrogens is 158 g/mol. The summed E-state index contributed by atoms with van der Waals surface area (Å²) in [5.74, 6) is 4.55. The van der Waals surface area contributed by atoms with Crippen molar-refractivity contribution in [3.05, 3.63) is 0 Å². The minimum atomic E-state index is -0.715. The zero-order chi connectivity index (χ0) is 9.40. The van der Waals surface area contributed by atoms with E-state index in [0.717, 1.165) is 0 Å². The molecular formula is C8H9NO3. The summed E-state index contributed by atoms with van der Waals surface area (Å²) in [6.07, 6.45) is 8.90. The van der Waals surface area contributed by atoms with Crippen molar-refractivity contribution in [2.24, 2.45) is 0 Å². The molecule has 1 amide bonds. The van der Waals surface area contributed by atoms with Crippen LogP contribution in [0.3, 0.4) is 0 Å². The van der Waals surface area contributed by atoms with Crippen molar-refractivity contribution in [1.82, 2.24) is 5.48 Å². The Morgan fingerprint density at radius 1 is 1.67 bits per heavy atom. The molecule has 1 atom stereocenters. The summed E-state index contributed by atoms with van der Waals surface area (Å²) in [6.45, 7) is 0. The maximum atomic E-state index is 10.5. The molecule has 64 valence electrons. The van der Waals surface area contributed by atoms with Gasteiger partial charge in [-0.05, 0) is 0 Å². The molecule has 0 aliphatic rings. The number of ether oxygens (including phenoxy) is 1. The molecule has 0 bridgehead atoms. The lowest BCUT2D eigenvalue weighted by Gasteiger charge is -2.07. The number of carbonyl (C=O) groups excluding carboxylic acids is 1. The number of terminal acetylenes is 2. The number of rotatable bonds is 3. The molecule has 0 radical (unpaired) electrons. The highest BCUT2D eigenvalue weighted by Gasteiger charge is 2.05. The Balaban J connectivity index is 3.68. The molecule has 0 spiro atoms. The van der Waals surface area contributed by atoms with E-state index in [0.29, 0.717) is 0 Å². The molecule has 0 saturated heterocycles. The summed E-state index contributed by atoms with van der Waals surface area (Å²) < 4.78 is 4.23. The lowest BCUT2D eigenvalue weighted by molar-refractivity contribution is 0.00901. The zero-order valence-corrected chi connectivity index (χ0v) is 6.66. The minimum absolute atomic E-state index is 0.237. The normalized spacial score (nSPS) is 10.6. The Hall–Kier alpha value is -1.65. The van der Waals surface area contributed by atoms with E-state index in [-0.39, 0.29) is 6.42 Å². The molecule has 0 heterocycles. The third-order valence-corrected chi connectivity index (χ3v) is 0.959. The van der Waals surface area contributed by atoms with Gasteiger partial charge in [-0.3, -0.25) is 4.84 Å². The molecule has 0 aliphatic heterocycles. The first-order valence-corrected chi connectivity index (χ1v) is 3.13. The molecule has 0 aliphatic carbocycles. The van der Waals surface area contributed by atoms with E-state index >= 15 is 0 Å². The van der Waals surface area contributed by atoms with E-state index in [1.165, 1.54) is 7.11 Å². The summed E-state index contributed by atoms with van der Waals surface area (Å²) in [5.41, 5.74) is 1.97. The van der Waals surface area contributed by atoms with E-state index in [9.17, 15) is 4.79 Å². The Morgan fingerprint density at radius 2 is 2.33 bits per heavy atom. The number of hydrogen-bond acceptors (Lipinski definition) is 3. The number of hydrogen-bond donors (Lipinski definition) is 1. The summed E-state index contributed by atoms with van der Waals surface area (Å²) in [5, 5.41) is 0. The smallest absolute Gasteiger partial charge is 0.431 e. The molecule has 0 saturated carbocycles. The van der Waals surface area contributed by atoms with Crippen LogP contribution in [-0.4, -0.2) is 19.3 Å². The second-order valence-electron chi connectivity index (χ2n) is 1.78. The van der Waals surface area contributed by atoms with Crippen LogP contribution in [0.2, 0.25) is 0 Å². The van der Waals surface area contributed by atoms with Gasteiger partial charge in [0.25, 0.3) is 0 Å². The van der Waals surface area contributed by atoms with Gasteiger partial charge in [-0.25, -0.2) is 4.79 Å². The van der Waals surface area contributed by atoms with Crippen LogP contribution in [0, 0.1) is 24.7 Å². The molecule has 0 aromatic carbocycles. The third-order valence-electron chi connectivity index (χ3n) is 0.959. The average molecular weight is 167 g/mol. The van der Waals surface area contributed by atoms with Gasteiger partial charge in [-0.15, -0.1) is 18.8 Å². The maximum Gasteiger partial charge on any atom is 0.431 e. The van der Waals surface area contributed by atoms with Crippen molar-refractivity contribution < 1.29 is 14.4 Å². The van der Waals surface area contributed by atoms with Gasteiger partial charge in [-0.2, -0.15) is 5.48 Å². The fourth-order valence-corrected chi connectivity index (χ4v) is 0.403. The van der Waals surface area contributed by atoms with Crippen LogP contribution in [-0.2, 0) is 9.57 Å². The predicted molar refractivity (Wildman–Crippen MR) is 42.7 cm³/mol. The van der Waals surface area contributed by atoms with Crippen molar-refractivity contribution in [2.75, 3.05) is 7.11 Å². The first-order chi connectivity index (χ1) is 5.74. The molecule has 0 aromatic heterocycles. The van der Waals surface area contributed by atoms with Crippen LogP contribution >= 0.6 is 0 Å². The Kier molecular flexibility index (Phi) is 5.25. The molecule has 4 nitrogen and oxygen atoms in total. The lowest BCUT2D eigenvalue weighted by atomic mass is 10.3. The Morgan fingerprint density at radius 3 is 2.75 bits per heavy atom. The second-order valence-corrected chi connectivity index (χ2v) is 1.78. The maximum absolute atomic E-state index is 10.5. The van der Waals surface area contributed by atoms with Crippen molar-refractivity contribution in [3.8, 4) is 24.7 Å². The molecule has 1 unspecified atom stereocenters. The summed E-state index contributed by atoms with van der Waals surface area (Å²) >= 11 is 0. The van der Waals surface area contributed by atoms with Crippen LogP contribution in [0.4, 0.5) is 4.79 Å². The third kappa shape index (κ3) is 4.21. The number of amides is 1. The van der Waals surface area contributed by atoms with Gasteiger partial charge in [0.15, 0.2) is 6.10 Å². The number of carbonyl (C=O) groups is 1. The van der Waals surface area contributed by atoms with Crippen LogP contribution in [0.15, 0.2) is 0 Å². The zero-order valence-electron chi connectivity index (χ0n) is 6.66.